The molecule has 1 unspecified atom stereocenters. The molecule has 0 aliphatic heterocycles. The van der Waals surface area contributed by atoms with Gasteiger partial charge in [0, 0.05) is 12.1 Å². The Kier molecular flexibility index (Phi) is 5.95. The summed E-state index contributed by atoms with van der Waals surface area (Å²) in [6.07, 6.45) is 0. The lowest BCUT2D eigenvalue weighted by molar-refractivity contribution is -0.385. The van der Waals surface area contributed by atoms with Crippen LogP contribution in [0, 0.1) is 17.0 Å². The predicted molar refractivity (Wildman–Crippen MR) is 85.4 cm³/mol. The summed E-state index contributed by atoms with van der Waals surface area (Å²) in [7, 11) is -4.14. The number of rotatable bonds is 6. The second-order valence-corrected chi connectivity index (χ2v) is 8.58. The zero-order valence-electron chi connectivity index (χ0n) is 12.7. The quantitative estimate of drug-likeness (QED) is 0.625. The van der Waals surface area contributed by atoms with Gasteiger partial charge >= 0.3 is 0 Å². The molecule has 1 aromatic rings. The van der Waals surface area contributed by atoms with Gasteiger partial charge in [-0.1, -0.05) is 19.9 Å². The number of hydrogen-bond acceptors (Lipinski definition) is 6. The van der Waals surface area contributed by atoms with Crippen molar-refractivity contribution in [1.29, 1.82) is 0 Å². The molecule has 0 radical (unpaired) electrons. The van der Waals surface area contributed by atoms with Crippen LogP contribution in [-0.4, -0.2) is 29.7 Å². The van der Waals surface area contributed by atoms with Crippen LogP contribution in [-0.2, 0) is 14.8 Å². The maximum atomic E-state index is 12.3. The molecule has 0 bridgehead atoms. The fraction of sp³-hybridized carbons (Fsp3) is 0.462. The molecule has 0 heterocycles. The fourth-order valence-corrected chi connectivity index (χ4v) is 4.13. The normalized spacial score (nSPS) is 13.0. The van der Waals surface area contributed by atoms with E-state index in [9.17, 15) is 23.3 Å². The van der Waals surface area contributed by atoms with Gasteiger partial charge < -0.3 is 0 Å². The van der Waals surface area contributed by atoms with Crippen LogP contribution in [0.25, 0.3) is 0 Å². The van der Waals surface area contributed by atoms with Gasteiger partial charge in [0.1, 0.15) is 0 Å². The molecule has 0 saturated heterocycles. The smallest absolute Gasteiger partial charge is 0.270 e. The maximum Gasteiger partial charge on any atom is 0.270 e. The molecule has 0 aliphatic rings. The van der Waals surface area contributed by atoms with Crippen molar-refractivity contribution < 1.29 is 18.1 Å². The number of carbonyl (C=O) groups excluding carboxylic acids is 1. The van der Waals surface area contributed by atoms with Gasteiger partial charge in [0.15, 0.2) is 0 Å². The second kappa shape index (κ2) is 7.10. The molecule has 1 N–H and O–H groups in total. The van der Waals surface area contributed by atoms with Gasteiger partial charge in [0.2, 0.25) is 5.91 Å². The van der Waals surface area contributed by atoms with E-state index in [2.05, 4.69) is 0 Å². The van der Waals surface area contributed by atoms with Crippen LogP contribution in [0.5, 0.6) is 0 Å². The van der Waals surface area contributed by atoms with Gasteiger partial charge in [-0.05, 0) is 24.7 Å². The minimum absolute atomic E-state index is 0.169. The monoisotopic (exact) mass is 346 g/mol. The van der Waals surface area contributed by atoms with Crippen molar-refractivity contribution >= 4 is 33.4 Å². The van der Waals surface area contributed by atoms with Crippen molar-refractivity contribution in [2.75, 3.05) is 0 Å². The highest BCUT2D eigenvalue weighted by Gasteiger charge is 2.25. The first-order chi connectivity index (χ1) is 10.0. The third-order valence-electron chi connectivity index (χ3n) is 2.75. The zero-order valence-corrected chi connectivity index (χ0v) is 14.3. The van der Waals surface area contributed by atoms with Crippen molar-refractivity contribution in [3.63, 3.8) is 0 Å². The van der Waals surface area contributed by atoms with Crippen molar-refractivity contribution in [3.8, 4) is 0 Å². The Balaban J connectivity index is 3.07. The van der Waals surface area contributed by atoms with E-state index in [1.807, 2.05) is 18.6 Å². The number of nitro groups is 1. The number of benzene rings is 1. The van der Waals surface area contributed by atoms with E-state index >= 15 is 0 Å². The van der Waals surface area contributed by atoms with Gasteiger partial charge in [-0.3, -0.25) is 14.9 Å². The Morgan fingerprint density at radius 3 is 2.41 bits per heavy atom. The predicted octanol–water partition coefficient (Wildman–Crippen LogP) is 2.24. The van der Waals surface area contributed by atoms with E-state index in [0.29, 0.717) is 5.56 Å². The van der Waals surface area contributed by atoms with Crippen LogP contribution >= 0.6 is 11.8 Å². The number of nitro benzene ring substituents is 1. The molecule has 1 amide bonds. The van der Waals surface area contributed by atoms with Crippen molar-refractivity contribution in [3.05, 3.63) is 33.9 Å². The molecule has 1 aromatic carbocycles. The Morgan fingerprint density at radius 2 is 1.91 bits per heavy atom. The number of sulfonamides is 1. The second-order valence-electron chi connectivity index (χ2n) is 5.00. The van der Waals surface area contributed by atoms with Gasteiger partial charge in [-0.15, -0.1) is 11.8 Å². The van der Waals surface area contributed by atoms with E-state index in [4.69, 9.17) is 0 Å². The van der Waals surface area contributed by atoms with E-state index in [1.54, 1.807) is 6.92 Å². The van der Waals surface area contributed by atoms with E-state index in [1.165, 1.54) is 30.8 Å². The molecule has 0 spiro atoms. The van der Waals surface area contributed by atoms with Crippen LogP contribution < -0.4 is 4.72 Å². The standard InChI is InChI=1S/C13H18N2O5S2/c1-8(2)21-10(4)13(16)14-22(19,20)12-7-11(15(17)18)6-5-9(12)3/h5-8,10H,1-4H3,(H,14,16). The highest BCUT2D eigenvalue weighted by atomic mass is 32.2. The SMILES string of the molecule is Cc1ccc([N+](=O)[O-])cc1S(=O)(=O)NC(=O)C(C)SC(C)C. The highest BCUT2D eigenvalue weighted by Crippen LogP contribution is 2.22. The molecular formula is C13H18N2O5S2. The molecule has 0 saturated carbocycles. The molecule has 22 heavy (non-hydrogen) atoms. The number of amides is 1. The molecule has 0 aromatic heterocycles. The first-order valence-corrected chi connectivity index (χ1v) is 8.94. The Morgan fingerprint density at radius 1 is 1.32 bits per heavy atom. The topological polar surface area (TPSA) is 106 Å². The molecule has 0 aliphatic carbocycles. The van der Waals surface area contributed by atoms with Gasteiger partial charge in [0.05, 0.1) is 15.1 Å². The van der Waals surface area contributed by atoms with Crippen molar-refractivity contribution in [2.45, 2.75) is 43.1 Å². The van der Waals surface area contributed by atoms with Gasteiger partial charge in [0.25, 0.3) is 15.7 Å². The molecule has 1 atom stereocenters. The van der Waals surface area contributed by atoms with Crippen molar-refractivity contribution in [1.82, 2.24) is 4.72 Å². The van der Waals surface area contributed by atoms with Gasteiger partial charge in [-0.25, -0.2) is 13.1 Å². The summed E-state index contributed by atoms with van der Waals surface area (Å²) in [5.41, 5.74) is -0.0157. The first-order valence-electron chi connectivity index (χ1n) is 6.51. The number of nitrogens with one attached hydrogen (secondary N) is 1. The summed E-state index contributed by atoms with van der Waals surface area (Å²) in [4.78, 5) is 21.8. The van der Waals surface area contributed by atoms with E-state index < -0.39 is 26.1 Å². The molecule has 7 nitrogen and oxygen atoms in total. The summed E-state index contributed by atoms with van der Waals surface area (Å²) >= 11 is 1.33. The molecule has 1 rings (SSSR count). The Labute approximate surface area is 133 Å². The third-order valence-corrected chi connectivity index (χ3v) is 5.41. The Bertz CT molecular complexity index is 686. The lowest BCUT2D eigenvalue weighted by atomic mass is 10.2. The zero-order chi connectivity index (χ0) is 17.1. The lowest BCUT2D eigenvalue weighted by Gasteiger charge is -2.15. The summed E-state index contributed by atoms with van der Waals surface area (Å²) in [5, 5.41) is 10.4. The number of thioether (sulfide) groups is 1. The third kappa shape index (κ3) is 4.70. The van der Waals surface area contributed by atoms with E-state index in [-0.39, 0.29) is 15.8 Å². The molecular weight excluding hydrogens is 328 g/mol. The van der Waals surface area contributed by atoms with Crippen LogP contribution in [0.3, 0.4) is 0 Å². The molecule has 122 valence electrons. The van der Waals surface area contributed by atoms with Crippen LogP contribution in [0.4, 0.5) is 5.69 Å². The average Bonchev–Trinajstić information content (AvgIpc) is 2.37. The van der Waals surface area contributed by atoms with Crippen LogP contribution in [0.2, 0.25) is 0 Å². The summed E-state index contributed by atoms with van der Waals surface area (Å²) in [5.74, 6) is -0.649. The Hall–Kier alpha value is -1.61. The van der Waals surface area contributed by atoms with Crippen molar-refractivity contribution in [2.24, 2.45) is 0 Å². The fourth-order valence-electron chi connectivity index (χ4n) is 1.73. The largest absolute Gasteiger partial charge is 0.273 e. The van der Waals surface area contributed by atoms with Gasteiger partial charge in [-0.2, -0.15) is 0 Å². The number of nitrogens with zero attached hydrogens (tertiary/aromatic N) is 1. The van der Waals surface area contributed by atoms with E-state index in [0.717, 1.165) is 6.07 Å². The molecule has 0 fully saturated rings. The summed E-state index contributed by atoms with van der Waals surface area (Å²) in [6, 6.07) is 3.50. The van der Waals surface area contributed by atoms with Crippen LogP contribution in [0.1, 0.15) is 26.3 Å². The minimum Gasteiger partial charge on any atom is -0.273 e. The summed E-state index contributed by atoms with van der Waals surface area (Å²) < 4.78 is 26.5. The number of hydrogen-bond donors (Lipinski definition) is 1. The maximum absolute atomic E-state index is 12.3. The summed E-state index contributed by atoms with van der Waals surface area (Å²) in [6.45, 7) is 6.91. The molecule has 9 heteroatoms. The lowest BCUT2D eigenvalue weighted by Crippen LogP contribution is -2.36. The number of aryl methyl sites for hydroxylation is 1. The average molecular weight is 346 g/mol. The first kappa shape index (κ1) is 18.4. The minimum atomic E-state index is -4.14. The number of non-ortho nitro benzene ring substituents is 1. The number of carbonyl (C=O) groups is 1. The van der Waals surface area contributed by atoms with Crippen LogP contribution in [0.15, 0.2) is 23.1 Å². The highest BCUT2D eigenvalue weighted by molar-refractivity contribution is 8.01.